The Morgan fingerprint density at radius 2 is 2.05 bits per heavy atom. The minimum atomic E-state index is -0.410. The Balaban J connectivity index is 2.30. The molecule has 0 saturated carbocycles. The first-order valence-electron chi connectivity index (χ1n) is 6.93. The van der Waals surface area contributed by atoms with E-state index in [4.69, 9.17) is 5.73 Å². The van der Waals surface area contributed by atoms with Crippen LogP contribution in [0.5, 0.6) is 0 Å². The van der Waals surface area contributed by atoms with Crippen molar-refractivity contribution in [1.29, 1.82) is 0 Å². The molecule has 2 nitrogen and oxygen atoms in total. The molecular formula is C15H22F2N2. The van der Waals surface area contributed by atoms with Crippen molar-refractivity contribution >= 4 is 0 Å². The second-order valence-corrected chi connectivity index (χ2v) is 5.65. The molecule has 2 N–H and O–H groups in total. The molecule has 0 bridgehead atoms. The summed E-state index contributed by atoms with van der Waals surface area (Å²) in [5, 5.41) is 0. The van der Waals surface area contributed by atoms with E-state index in [0.29, 0.717) is 24.1 Å². The Kier molecular flexibility index (Phi) is 4.53. The topological polar surface area (TPSA) is 29.3 Å². The molecule has 3 atom stereocenters. The van der Waals surface area contributed by atoms with Crippen molar-refractivity contribution in [2.75, 3.05) is 13.1 Å². The summed E-state index contributed by atoms with van der Waals surface area (Å²) in [4.78, 5) is 2.21. The SMILES string of the molecule is CC1CCC(C)N(C(CN)c2cc(F)ccc2F)C1. The second-order valence-electron chi connectivity index (χ2n) is 5.65. The van der Waals surface area contributed by atoms with Crippen LogP contribution in [0.4, 0.5) is 8.78 Å². The molecule has 0 spiro atoms. The van der Waals surface area contributed by atoms with Gasteiger partial charge in [-0.25, -0.2) is 8.78 Å². The minimum Gasteiger partial charge on any atom is -0.329 e. The third kappa shape index (κ3) is 3.12. The smallest absolute Gasteiger partial charge is 0.128 e. The Hall–Kier alpha value is -1.00. The molecule has 1 saturated heterocycles. The van der Waals surface area contributed by atoms with Gasteiger partial charge in [-0.3, -0.25) is 4.90 Å². The van der Waals surface area contributed by atoms with Crippen molar-refractivity contribution in [2.45, 2.75) is 38.8 Å². The molecule has 0 radical (unpaired) electrons. The summed E-state index contributed by atoms with van der Waals surface area (Å²) in [5.74, 6) is -0.211. The number of benzene rings is 1. The largest absolute Gasteiger partial charge is 0.329 e. The molecule has 1 fully saturated rings. The van der Waals surface area contributed by atoms with Gasteiger partial charge in [-0.15, -0.1) is 0 Å². The summed E-state index contributed by atoms with van der Waals surface area (Å²) in [6, 6.07) is 3.72. The van der Waals surface area contributed by atoms with E-state index in [2.05, 4.69) is 18.7 Å². The summed E-state index contributed by atoms with van der Waals surface area (Å²) in [6.07, 6.45) is 2.26. The molecular weight excluding hydrogens is 246 g/mol. The molecule has 3 unspecified atom stereocenters. The van der Waals surface area contributed by atoms with E-state index in [1.54, 1.807) is 0 Å². The highest BCUT2D eigenvalue weighted by Gasteiger charge is 2.30. The molecule has 0 aliphatic carbocycles. The zero-order valence-corrected chi connectivity index (χ0v) is 11.6. The third-order valence-electron chi connectivity index (χ3n) is 4.11. The highest BCUT2D eigenvalue weighted by atomic mass is 19.1. The Morgan fingerprint density at radius 3 is 2.74 bits per heavy atom. The molecule has 1 aromatic carbocycles. The second kappa shape index (κ2) is 5.97. The van der Waals surface area contributed by atoms with E-state index in [9.17, 15) is 8.78 Å². The normalized spacial score (nSPS) is 26.4. The van der Waals surface area contributed by atoms with Gasteiger partial charge in [0.25, 0.3) is 0 Å². The zero-order chi connectivity index (χ0) is 14.0. The standard InChI is InChI=1S/C15H22F2N2/c1-10-3-4-11(2)19(9-10)15(8-18)13-7-12(16)5-6-14(13)17/h5-7,10-11,15H,3-4,8-9,18H2,1-2H3. The lowest BCUT2D eigenvalue weighted by Gasteiger charge is -2.42. The van der Waals surface area contributed by atoms with E-state index in [1.165, 1.54) is 18.6 Å². The maximum Gasteiger partial charge on any atom is 0.128 e. The van der Waals surface area contributed by atoms with Crippen LogP contribution in [0.25, 0.3) is 0 Å². The average molecular weight is 268 g/mol. The van der Waals surface area contributed by atoms with Crippen molar-refractivity contribution in [3.63, 3.8) is 0 Å². The number of hydrogen-bond donors (Lipinski definition) is 1. The Labute approximate surface area is 113 Å². The third-order valence-corrected chi connectivity index (χ3v) is 4.11. The molecule has 0 amide bonds. The van der Waals surface area contributed by atoms with Crippen LogP contribution in [0.3, 0.4) is 0 Å². The van der Waals surface area contributed by atoms with Crippen molar-refractivity contribution in [2.24, 2.45) is 11.7 Å². The summed E-state index contributed by atoms with van der Waals surface area (Å²) < 4.78 is 27.3. The molecule has 0 aromatic heterocycles. The lowest BCUT2D eigenvalue weighted by atomic mass is 9.91. The Bertz CT molecular complexity index is 436. The van der Waals surface area contributed by atoms with Gasteiger partial charge in [-0.1, -0.05) is 6.92 Å². The number of hydrogen-bond acceptors (Lipinski definition) is 2. The fourth-order valence-electron chi connectivity index (χ4n) is 2.97. The molecule has 1 heterocycles. The predicted molar refractivity (Wildman–Crippen MR) is 72.7 cm³/mol. The van der Waals surface area contributed by atoms with Crippen LogP contribution in [0.2, 0.25) is 0 Å². The van der Waals surface area contributed by atoms with Gasteiger partial charge < -0.3 is 5.73 Å². The van der Waals surface area contributed by atoms with Crippen LogP contribution in [-0.4, -0.2) is 24.0 Å². The van der Waals surface area contributed by atoms with E-state index < -0.39 is 5.82 Å². The van der Waals surface area contributed by atoms with E-state index in [1.807, 2.05) is 0 Å². The van der Waals surface area contributed by atoms with Crippen LogP contribution >= 0.6 is 0 Å². The maximum atomic E-state index is 13.9. The Morgan fingerprint density at radius 1 is 1.32 bits per heavy atom. The molecule has 19 heavy (non-hydrogen) atoms. The number of halogens is 2. The monoisotopic (exact) mass is 268 g/mol. The van der Waals surface area contributed by atoms with Crippen molar-refractivity contribution < 1.29 is 8.78 Å². The molecule has 1 aliphatic heterocycles. The number of piperidine rings is 1. The van der Waals surface area contributed by atoms with E-state index in [0.717, 1.165) is 19.0 Å². The number of nitrogens with zero attached hydrogens (tertiary/aromatic N) is 1. The highest BCUT2D eigenvalue weighted by molar-refractivity contribution is 5.23. The number of rotatable bonds is 3. The summed E-state index contributed by atoms with van der Waals surface area (Å²) >= 11 is 0. The first-order chi connectivity index (χ1) is 9.02. The number of nitrogens with two attached hydrogens (primary N) is 1. The molecule has 1 aromatic rings. The van der Waals surface area contributed by atoms with Gasteiger partial charge in [-0.05, 0) is 43.9 Å². The fourth-order valence-corrected chi connectivity index (χ4v) is 2.97. The quantitative estimate of drug-likeness (QED) is 0.912. The first kappa shape index (κ1) is 14.4. The van der Waals surface area contributed by atoms with Gasteiger partial charge in [-0.2, -0.15) is 0 Å². The van der Waals surface area contributed by atoms with Gasteiger partial charge in [0.15, 0.2) is 0 Å². The maximum absolute atomic E-state index is 13.9. The van der Waals surface area contributed by atoms with Gasteiger partial charge in [0.05, 0.1) is 6.04 Å². The van der Waals surface area contributed by atoms with Crippen molar-refractivity contribution in [3.05, 3.63) is 35.4 Å². The van der Waals surface area contributed by atoms with Gasteiger partial charge in [0, 0.05) is 24.7 Å². The van der Waals surface area contributed by atoms with Crippen molar-refractivity contribution in [1.82, 2.24) is 4.90 Å². The lowest BCUT2D eigenvalue weighted by Crippen LogP contribution is -2.45. The molecule has 2 rings (SSSR count). The lowest BCUT2D eigenvalue weighted by molar-refractivity contribution is 0.0780. The van der Waals surface area contributed by atoms with E-state index in [-0.39, 0.29) is 11.9 Å². The summed E-state index contributed by atoms with van der Waals surface area (Å²) in [5.41, 5.74) is 6.21. The van der Waals surface area contributed by atoms with Gasteiger partial charge in [0.2, 0.25) is 0 Å². The predicted octanol–water partition coefficient (Wildman–Crippen LogP) is 3.09. The average Bonchev–Trinajstić information content (AvgIpc) is 2.38. The zero-order valence-electron chi connectivity index (χ0n) is 11.6. The van der Waals surface area contributed by atoms with Crippen LogP contribution in [0.15, 0.2) is 18.2 Å². The molecule has 1 aliphatic rings. The summed E-state index contributed by atoms with van der Waals surface area (Å²) in [7, 11) is 0. The fraction of sp³-hybridized carbons (Fsp3) is 0.600. The van der Waals surface area contributed by atoms with Crippen LogP contribution in [0.1, 0.15) is 38.3 Å². The number of likely N-dealkylation sites (tertiary alicyclic amines) is 1. The molecule has 4 heteroatoms. The van der Waals surface area contributed by atoms with Gasteiger partial charge >= 0.3 is 0 Å². The van der Waals surface area contributed by atoms with Gasteiger partial charge in [0.1, 0.15) is 11.6 Å². The van der Waals surface area contributed by atoms with E-state index >= 15 is 0 Å². The summed E-state index contributed by atoms with van der Waals surface area (Å²) in [6.45, 7) is 5.51. The minimum absolute atomic E-state index is 0.242. The van der Waals surface area contributed by atoms with Crippen LogP contribution in [-0.2, 0) is 0 Å². The molecule has 106 valence electrons. The first-order valence-corrected chi connectivity index (χ1v) is 6.93. The van der Waals surface area contributed by atoms with Crippen molar-refractivity contribution in [3.8, 4) is 0 Å². The van der Waals surface area contributed by atoms with Crippen LogP contribution < -0.4 is 5.73 Å². The van der Waals surface area contributed by atoms with Crippen LogP contribution in [0, 0.1) is 17.6 Å². The highest BCUT2D eigenvalue weighted by Crippen LogP contribution is 2.31.